The van der Waals surface area contributed by atoms with Crippen molar-refractivity contribution in [1.82, 2.24) is 0 Å². The van der Waals surface area contributed by atoms with Crippen molar-refractivity contribution in [3.8, 4) is 0 Å². The number of aliphatic hydroxyl groups is 2. The molecule has 10 heteroatoms. The number of aliphatic hydroxyl groups excluding tert-OH is 2. The Bertz CT molecular complexity index is 572. The van der Waals surface area contributed by atoms with Crippen molar-refractivity contribution in [3.63, 3.8) is 0 Å². The van der Waals surface area contributed by atoms with Crippen LogP contribution in [0.1, 0.15) is 48.0 Å². The average molecular weight is 454 g/mol. The Morgan fingerprint density at radius 2 is 1.70 bits per heavy atom. The van der Waals surface area contributed by atoms with Crippen LogP contribution >= 0.6 is 7.82 Å². The number of rotatable bonds is 10. The van der Waals surface area contributed by atoms with Crippen LogP contribution in [-0.2, 0) is 32.3 Å². The maximum Gasteiger partial charge on any atom is 0.474 e. The van der Waals surface area contributed by atoms with E-state index >= 15 is 0 Å². The molecule has 9 nitrogen and oxygen atoms in total. The topological polar surface area (TPSA) is 113 Å². The van der Waals surface area contributed by atoms with Gasteiger partial charge in [0.25, 0.3) is 0 Å². The second-order valence-electron chi connectivity index (χ2n) is 8.93. The van der Waals surface area contributed by atoms with Crippen LogP contribution in [0.15, 0.2) is 0 Å². The van der Waals surface area contributed by atoms with Gasteiger partial charge < -0.3 is 24.4 Å². The standard InChI is InChI=1S/C20H39O9P/c1-11(2)8-15-9-25-13(5)17(21)19(15)29-30(23,24-7)26-10-16-20(27-12(3)4)18(22)14(6)28-16/h11-22H,8-10H2,1-7H3/t13-,14-,15-,16+,17?,18?,19?,20?,30?/m0/s1. The van der Waals surface area contributed by atoms with Gasteiger partial charge in [-0.2, -0.15) is 0 Å². The van der Waals surface area contributed by atoms with Gasteiger partial charge in [0.05, 0.1) is 31.5 Å². The molecular formula is C20H39O9P. The van der Waals surface area contributed by atoms with Crippen molar-refractivity contribution >= 4 is 7.82 Å². The lowest BCUT2D eigenvalue weighted by atomic mass is 9.86. The average Bonchev–Trinajstić information content (AvgIpc) is 2.93. The van der Waals surface area contributed by atoms with E-state index in [0.29, 0.717) is 12.5 Å². The lowest BCUT2D eigenvalue weighted by Crippen LogP contribution is -2.50. The molecule has 0 aromatic carbocycles. The molecule has 5 unspecified atom stereocenters. The van der Waals surface area contributed by atoms with Crippen LogP contribution in [0.25, 0.3) is 0 Å². The van der Waals surface area contributed by atoms with Crippen molar-refractivity contribution in [2.24, 2.45) is 11.8 Å². The quantitative estimate of drug-likeness (QED) is 0.481. The molecular weight excluding hydrogens is 415 g/mol. The van der Waals surface area contributed by atoms with Crippen LogP contribution in [0.4, 0.5) is 0 Å². The van der Waals surface area contributed by atoms with Gasteiger partial charge in [-0.25, -0.2) is 4.57 Å². The van der Waals surface area contributed by atoms with E-state index in [1.54, 1.807) is 13.8 Å². The fourth-order valence-corrected chi connectivity index (χ4v) is 5.12. The maximum absolute atomic E-state index is 13.2. The van der Waals surface area contributed by atoms with Crippen molar-refractivity contribution in [2.45, 2.75) is 96.8 Å². The van der Waals surface area contributed by atoms with Crippen LogP contribution in [0.3, 0.4) is 0 Å². The number of phosphoric acid groups is 1. The fraction of sp³-hybridized carbons (Fsp3) is 1.00. The fourth-order valence-electron chi connectivity index (χ4n) is 3.95. The molecule has 2 saturated heterocycles. The number of ether oxygens (including phenoxy) is 3. The summed E-state index contributed by atoms with van der Waals surface area (Å²) in [5.74, 6) is 0.196. The summed E-state index contributed by atoms with van der Waals surface area (Å²) in [4.78, 5) is 0. The minimum absolute atomic E-state index is 0.123. The monoisotopic (exact) mass is 454 g/mol. The van der Waals surface area contributed by atoms with Crippen molar-refractivity contribution in [1.29, 1.82) is 0 Å². The summed E-state index contributed by atoms with van der Waals surface area (Å²) >= 11 is 0. The first-order chi connectivity index (χ1) is 14.0. The van der Waals surface area contributed by atoms with Crippen LogP contribution < -0.4 is 0 Å². The van der Waals surface area contributed by atoms with Gasteiger partial charge in [0.1, 0.15) is 30.5 Å². The molecule has 2 fully saturated rings. The van der Waals surface area contributed by atoms with E-state index in [1.807, 2.05) is 13.8 Å². The molecule has 2 heterocycles. The zero-order valence-electron chi connectivity index (χ0n) is 19.1. The van der Waals surface area contributed by atoms with Gasteiger partial charge in [0.15, 0.2) is 0 Å². The molecule has 0 aromatic heterocycles. The van der Waals surface area contributed by atoms with Crippen LogP contribution in [0.2, 0.25) is 0 Å². The highest BCUT2D eigenvalue weighted by molar-refractivity contribution is 7.48. The third kappa shape index (κ3) is 6.70. The first-order valence-electron chi connectivity index (χ1n) is 10.7. The Balaban J connectivity index is 2.07. The molecule has 2 aliphatic heterocycles. The summed E-state index contributed by atoms with van der Waals surface area (Å²) in [6.07, 6.45) is -4.07. The molecule has 0 saturated carbocycles. The molecule has 0 spiro atoms. The Kier molecular flexibility index (Phi) is 9.74. The number of hydrogen-bond donors (Lipinski definition) is 2. The molecule has 0 aromatic rings. The smallest absolute Gasteiger partial charge is 0.388 e. The summed E-state index contributed by atoms with van der Waals surface area (Å²) in [7, 11) is -2.76. The molecule has 0 radical (unpaired) electrons. The zero-order chi connectivity index (χ0) is 22.6. The van der Waals surface area contributed by atoms with Gasteiger partial charge in [-0.15, -0.1) is 0 Å². The summed E-state index contributed by atoms with van der Waals surface area (Å²) in [5, 5.41) is 20.9. The highest BCUT2D eigenvalue weighted by atomic mass is 31.2. The van der Waals surface area contributed by atoms with Gasteiger partial charge in [-0.3, -0.25) is 13.6 Å². The Morgan fingerprint density at radius 3 is 2.27 bits per heavy atom. The Labute approximate surface area is 179 Å². The molecule has 0 aliphatic carbocycles. The molecule has 0 bridgehead atoms. The predicted octanol–water partition coefficient (Wildman–Crippen LogP) is 2.53. The summed E-state index contributed by atoms with van der Waals surface area (Å²) in [6.45, 7) is 11.6. The van der Waals surface area contributed by atoms with Crippen LogP contribution in [0.5, 0.6) is 0 Å². The van der Waals surface area contributed by atoms with E-state index in [1.165, 1.54) is 7.11 Å². The predicted molar refractivity (Wildman–Crippen MR) is 110 cm³/mol. The van der Waals surface area contributed by atoms with Crippen molar-refractivity contribution in [3.05, 3.63) is 0 Å². The molecule has 30 heavy (non-hydrogen) atoms. The van der Waals surface area contributed by atoms with E-state index in [-0.39, 0.29) is 18.6 Å². The van der Waals surface area contributed by atoms with E-state index < -0.39 is 50.6 Å². The van der Waals surface area contributed by atoms with Gasteiger partial charge >= 0.3 is 7.82 Å². The molecule has 2 aliphatic rings. The molecule has 178 valence electrons. The van der Waals surface area contributed by atoms with Gasteiger partial charge in [0, 0.05) is 13.0 Å². The van der Waals surface area contributed by atoms with Crippen molar-refractivity contribution < 1.29 is 42.6 Å². The largest absolute Gasteiger partial charge is 0.474 e. The molecule has 2 rings (SSSR count). The first kappa shape index (κ1) is 26.2. The zero-order valence-corrected chi connectivity index (χ0v) is 20.0. The lowest BCUT2D eigenvalue weighted by molar-refractivity contribution is -0.159. The van der Waals surface area contributed by atoms with Crippen molar-refractivity contribution in [2.75, 3.05) is 20.3 Å². The SMILES string of the molecule is COP(=O)(OC[C@H]1O[C@@H](C)C(O)C1OC(C)C)OC1C(O)[C@H](C)OC[C@@H]1CC(C)C. The van der Waals surface area contributed by atoms with Gasteiger partial charge in [0.2, 0.25) is 0 Å². The molecule has 0 amide bonds. The lowest BCUT2D eigenvalue weighted by Gasteiger charge is -2.40. The van der Waals surface area contributed by atoms with E-state index in [9.17, 15) is 14.8 Å². The highest BCUT2D eigenvalue weighted by Gasteiger charge is 2.46. The maximum atomic E-state index is 13.2. The number of phosphoric ester groups is 1. The third-order valence-electron chi connectivity index (χ3n) is 5.50. The normalized spacial score (nSPS) is 39.6. The van der Waals surface area contributed by atoms with Gasteiger partial charge in [-0.05, 0) is 40.0 Å². The Hall–Kier alpha value is -0.0900. The minimum Gasteiger partial charge on any atom is -0.388 e. The summed E-state index contributed by atoms with van der Waals surface area (Å²) in [5.41, 5.74) is 0. The second-order valence-corrected chi connectivity index (χ2v) is 10.7. The Morgan fingerprint density at radius 1 is 1.07 bits per heavy atom. The van der Waals surface area contributed by atoms with Crippen LogP contribution in [-0.4, -0.2) is 79.4 Å². The van der Waals surface area contributed by atoms with Gasteiger partial charge in [-0.1, -0.05) is 13.8 Å². The summed E-state index contributed by atoms with van der Waals surface area (Å²) < 4.78 is 46.8. The third-order valence-corrected chi connectivity index (χ3v) is 6.92. The summed E-state index contributed by atoms with van der Waals surface area (Å²) in [6, 6.07) is 0. The minimum atomic E-state index is -4.00. The van der Waals surface area contributed by atoms with Crippen LogP contribution in [0, 0.1) is 11.8 Å². The highest BCUT2D eigenvalue weighted by Crippen LogP contribution is 2.52. The molecule has 9 atom stereocenters. The van der Waals surface area contributed by atoms with E-state index in [0.717, 1.165) is 6.42 Å². The second kappa shape index (κ2) is 11.2. The molecule has 2 N–H and O–H groups in total. The first-order valence-corrected chi connectivity index (χ1v) is 12.2. The van der Waals surface area contributed by atoms with E-state index in [4.69, 9.17) is 27.8 Å². The number of hydrogen-bond acceptors (Lipinski definition) is 9. The van der Waals surface area contributed by atoms with E-state index in [2.05, 4.69) is 13.8 Å².